The van der Waals surface area contributed by atoms with Gasteiger partial charge in [0.15, 0.2) is 12.0 Å². The quantitative estimate of drug-likeness (QED) is 0.538. The molecule has 0 bridgehead atoms. The third kappa shape index (κ3) is 3.52. The van der Waals surface area contributed by atoms with Gasteiger partial charge in [0.25, 0.3) is 0 Å². The number of nitrogens with zero attached hydrogens (tertiary/aromatic N) is 3. The molecule has 2 N–H and O–H groups in total. The van der Waals surface area contributed by atoms with Gasteiger partial charge in [-0.15, -0.1) is 0 Å². The lowest BCUT2D eigenvalue weighted by molar-refractivity contribution is -0.153. The van der Waals surface area contributed by atoms with E-state index in [0.717, 1.165) is 18.4 Å². The van der Waals surface area contributed by atoms with Crippen molar-refractivity contribution in [2.45, 2.75) is 62.9 Å². The van der Waals surface area contributed by atoms with Crippen LogP contribution in [-0.2, 0) is 19.0 Å². The normalized spacial score (nSPS) is 35.8. The summed E-state index contributed by atoms with van der Waals surface area (Å²) in [6, 6.07) is 0.334. The Balaban J connectivity index is 1.37. The van der Waals surface area contributed by atoms with E-state index in [1.165, 1.54) is 0 Å². The van der Waals surface area contributed by atoms with Crippen molar-refractivity contribution in [1.29, 1.82) is 0 Å². The average molecular weight is 420 g/mol. The molecule has 4 aliphatic heterocycles. The molecule has 1 spiro atoms. The summed E-state index contributed by atoms with van der Waals surface area (Å²) in [5.74, 6) is -0.627. The molecule has 0 aromatic heterocycles. The van der Waals surface area contributed by atoms with Crippen LogP contribution in [0.25, 0.3) is 0 Å². The minimum atomic E-state index is -1.32. The molecule has 0 radical (unpaired) electrons. The van der Waals surface area contributed by atoms with E-state index in [9.17, 15) is 4.79 Å². The minimum absolute atomic E-state index is 0.110. The Kier molecular flexibility index (Phi) is 5.07. The van der Waals surface area contributed by atoms with Gasteiger partial charge in [0.05, 0.1) is 31.4 Å². The highest BCUT2D eigenvalue weighted by Gasteiger charge is 2.49. The maximum atomic E-state index is 15.2. The van der Waals surface area contributed by atoms with Gasteiger partial charge in [-0.2, -0.15) is 0 Å². The van der Waals surface area contributed by atoms with E-state index >= 15 is 4.39 Å². The third-order valence-corrected chi connectivity index (χ3v) is 6.38. The van der Waals surface area contributed by atoms with Crippen LogP contribution in [0, 0.1) is 0 Å². The number of nitrogens with two attached hydrogens (primary N) is 1. The van der Waals surface area contributed by atoms with Crippen LogP contribution < -0.4 is 5.73 Å². The molecule has 1 saturated carbocycles. The van der Waals surface area contributed by atoms with Gasteiger partial charge in [-0.1, -0.05) is 0 Å². The number of esters is 1. The number of rotatable bonds is 4. The molecule has 4 unspecified atom stereocenters. The fourth-order valence-corrected chi connectivity index (χ4v) is 4.73. The van der Waals surface area contributed by atoms with Crippen LogP contribution in [-0.4, -0.2) is 84.7 Å². The van der Waals surface area contributed by atoms with E-state index in [1.807, 2.05) is 11.1 Å². The SMILES string of the molecule is CCOC(=O)C1=CN(C2CC2)C2N=C(N3CCC4(C3)OCC(CN)O4)C(F)C=C2C1. The van der Waals surface area contributed by atoms with Crippen LogP contribution in [0.3, 0.4) is 0 Å². The summed E-state index contributed by atoms with van der Waals surface area (Å²) < 4.78 is 32.3. The molecule has 0 aromatic carbocycles. The lowest BCUT2D eigenvalue weighted by Gasteiger charge is -2.39. The van der Waals surface area contributed by atoms with Crippen LogP contribution in [0.4, 0.5) is 4.39 Å². The molecule has 2 saturated heterocycles. The molecule has 8 nitrogen and oxygen atoms in total. The summed E-state index contributed by atoms with van der Waals surface area (Å²) in [4.78, 5) is 21.2. The molecule has 5 rings (SSSR count). The van der Waals surface area contributed by atoms with Crippen molar-refractivity contribution in [3.05, 3.63) is 23.4 Å². The van der Waals surface area contributed by atoms with Crippen LogP contribution in [0.2, 0.25) is 0 Å². The summed E-state index contributed by atoms with van der Waals surface area (Å²) in [5.41, 5.74) is 7.10. The molecule has 9 heteroatoms. The van der Waals surface area contributed by atoms with Gasteiger partial charge in [0.1, 0.15) is 12.0 Å². The zero-order valence-corrected chi connectivity index (χ0v) is 17.3. The largest absolute Gasteiger partial charge is 0.463 e. The van der Waals surface area contributed by atoms with Crippen molar-refractivity contribution >= 4 is 11.8 Å². The van der Waals surface area contributed by atoms with E-state index in [4.69, 9.17) is 24.9 Å². The molecule has 4 heterocycles. The minimum Gasteiger partial charge on any atom is -0.463 e. The number of hydrogen-bond donors (Lipinski definition) is 1. The van der Waals surface area contributed by atoms with Gasteiger partial charge in [0, 0.05) is 38.2 Å². The van der Waals surface area contributed by atoms with Crippen molar-refractivity contribution < 1.29 is 23.4 Å². The van der Waals surface area contributed by atoms with Crippen molar-refractivity contribution in [1.82, 2.24) is 9.80 Å². The summed E-state index contributed by atoms with van der Waals surface area (Å²) in [7, 11) is 0. The molecule has 164 valence electrons. The number of dihydropyridines is 1. The van der Waals surface area contributed by atoms with E-state index in [-0.39, 0.29) is 18.2 Å². The second-order valence-electron chi connectivity index (χ2n) is 8.60. The lowest BCUT2D eigenvalue weighted by atomic mass is 9.95. The standard InChI is InChI=1S/C21H29FN4O4/c1-2-28-20(27)14-7-13-8-17(22)19(24-18(13)26(10-14)15-3-4-15)25-6-5-21(12-25)29-11-16(9-23)30-21/h8,10,15-18H,2-7,9,11-12,23H2,1H3. The Morgan fingerprint density at radius 2 is 2.30 bits per heavy atom. The first-order chi connectivity index (χ1) is 14.5. The molecule has 0 amide bonds. The van der Waals surface area contributed by atoms with Gasteiger partial charge >= 0.3 is 5.97 Å². The Morgan fingerprint density at radius 1 is 1.47 bits per heavy atom. The highest BCUT2D eigenvalue weighted by atomic mass is 19.1. The maximum absolute atomic E-state index is 15.2. The van der Waals surface area contributed by atoms with E-state index < -0.39 is 12.0 Å². The smallest absolute Gasteiger partial charge is 0.335 e. The van der Waals surface area contributed by atoms with E-state index in [1.54, 1.807) is 13.0 Å². The summed E-state index contributed by atoms with van der Waals surface area (Å²) in [6.45, 7) is 4.06. The number of alkyl halides is 1. The predicted molar refractivity (Wildman–Crippen MR) is 107 cm³/mol. The first kappa shape index (κ1) is 20.0. The second kappa shape index (κ2) is 7.62. The third-order valence-electron chi connectivity index (χ3n) is 6.38. The molecule has 0 aromatic rings. The molecule has 30 heavy (non-hydrogen) atoms. The first-order valence-corrected chi connectivity index (χ1v) is 10.9. The lowest BCUT2D eigenvalue weighted by Crippen LogP contribution is -2.46. The Hall–Kier alpha value is -1.97. The molecular weight excluding hydrogens is 391 g/mol. The highest BCUT2D eigenvalue weighted by Crippen LogP contribution is 2.40. The molecular formula is C21H29FN4O4. The van der Waals surface area contributed by atoms with Gasteiger partial charge in [0.2, 0.25) is 0 Å². The van der Waals surface area contributed by atoms with E-state index in [0.29, 0.717) is 63.1 Å². The summed E-state index contributed by atoms with van der Waals surface area (Å²) in [6.07, 6.45) is 4.94. The van der Waals surface area contributed by atoms with Crippen LogP contribution in [0.1, 0.15) is 32.6 Å². The Bertz CT molecular complexity index is 811. The van der Waals surface area contributed by atoms with Gasteiger partial charge in [-0.3, -0.25) is 0 Å². The fourth-order valence-electron chi connectivity index (χ4n) is 4.73. The number of hydrogen-bond acceptors (Lipinski definition) is 8. The van der Waals surface area contributed by atoms with Crippen molar-refractivity contribution in [3.63, 3.8) is 0 Å². The number of aliphatic imine (C=N–C) groups is 1. The molecule has 3 fully saturated rings. The van der Waals surface area contributed by atoms with Crippen LogP contribution in [0.15, 0.2) is 28.4 Å². The Labute approximate surface area is 175 Å². The number of likely N-dealkylation sites (tertiary alicyclic amines) is 1. The zero-order chi connectivity index (χ0) is 20.9. The number of fused-ring (bicyclic) bond motifs is 1. The van der Waals surface area contributed by atoms with Crippen LogP contribution >= 0.6 is 0 Å². The molecule has 5 aliphatic rings. The van der Waals surface area contributed by atoms with Gasteiger partial charge < -0.3 is 29.7 Å². The number of ether oxygens (including phenoxy) is 3. The highest BCUT2D eigenvalue weighted by molar-refractivity contribution is 5.92. The number of halogens is 1. The number of carbonyl (C=O) groups is 1. The topological polar surface area (TPSA) is 89.6 Å². The first-order valence-electron chi connectivity index (χ1n) is 10.9. The van der Waals surface area contributed by atoms with Crippen LogP contribution in [0.5, 0.6) is 0 Å². The average Bonchev–Trinajstić information content (AvgIpc) is 3.39. The summed E-state index contributed by atoms with van der Waals surface area (Å²) >= 11 is 0. The van der Waals surface area contributed by atoms with Crippen molar-refractivity contribution in [2.75, 3.05) is 32.8 Å². The molecule has 4 atom stereocenters. The van der Waals surface area contributed by atoms with Gasteiger partial charge in [-0.25, -0.2) is 14.2 Å². The monoisotopic (exact) mass is 420 g/mol. The number of amidine groups is 1. The fraction of sp³-hybridized carbons (Fsp3) is 0.714. The maximum Gasteiger partial charge on any atom is 0.335 e. The van der Waals surface area contributed by atoms with Gasteiger partial charge in [-0.05, 0) is 31.4 Å². The zero-order valence-electron chi connectivity index (χ0n) is 17.3. The van der Waals surface area contributed by atoms with Crippen molar-refractivity contribution in [2.24, 2.45) is 10.7 Å². The second-order valence-corrected chi connectivity index (χ2v) is 8.60. The Morgan fingerprint density at radius 3 is 3.00 bits per heavy atom. The summed E-state index contributed by atoms with van der Waals surface area (Å²) in [5, 5.41) is 0. The number of carbonyl (C=O) groups excluding carboxylic acids is 1. The van der Waals surface area contributed by atoms with E-state index in [2.05, 4.69) is 4.90 Å². The molecule has 1 aliphatic carbocycles. The predicted octanol–water partition coefficient (Wildman–Crippen LogP) is 1.08. The van der Waals surface area contributed by atoms with Crippen molar-refractivity contribution in [3.8, 4) is 0 Å².